The molecule has 0 aromatic carbocycles. The number of nitrogens with zero attached hydrogens (tertiary/aromatic N) is 1. The summed E-state index contributed by atoms with van der Waals surface area (Å²) in [6.45, 7) is 0. The molecule has 17 heavy (non-hydrogen) atoms. The van der Waals surface area contributed by atoms with E-state index in [1.54, 1.807) is 12.3 Å². The van der Waals surface area contributed by atoms with Crippen molar-refractivity contribution in [2.24, 2.45) is 5.92 Å². The SMILES string of the molecule is Nc1cc(CC(=O)C2CC3CCC2N3)ccn1. The molecule has 4 heteroatoms. The van der Waals surface area contributed by atoms with Crippen molar-refractivity contribution in [1.29, 1.82) is 0 Å². The molecule has 3 atom stereocenters. The Morgan fingerprint density at radius 1 is 1.53 bits per heavy atom. The number of fused-ring (bicyclic) bond motifs is 2. The molecule has 0 radical (unpaired) electrons. The first-order valence-corrected chi connectivity index (χ1v) is 6.21. The van der Waals surface area contributed by atoms with Crippen molar-refractivity contribution in [1.82, 2.24) is 10.3 Å². The number of nitrogens with two attached hydrogens (primary N) is 1. The van der Waals surface area contributed by atoms with Crippen LogP contribution >= 0.6 is 0 Å². The van der Waals surface area contributed by atoms with Crippen molar-refractivity contribution in [3.05, 3.63) is 23.9 Å². The Kier molecular flexibility index (Phi) is 2.59. The Balaban J connectivity index is 1.68. The van der Waals surface area contributed by atoms with Gasteiger partial charge in [-0.2, -0.15) is 0 Å². The first-order chi connectivity index (χ1) is 8.22. The van der Waals surface area contributed by atoms with Gasteiger partial charge in [0.25, 0.3) is 0 Å². The second-order valence-electron chi connectivity index (χ2n) is 5.12. The summed E-state index contributed by atoms with van der Waals surface area (Å²) in [4.78, 5) is 16.2. The number of aromatic nitrogens is 1. The highest BCUT2D eigenvalue weighted by molar-refractivity contribution is 5.84. The molecule has 3 N–H and O–H groups in total. The minimum Gasteiger partial charge on any atom is -0.384 e. The molecule has 2 saturated heterocycles. The summed E-state index contributed by atoms with van der Waals surface area (Å²) >= 11 is 0. The van der Waals surface area contributed by atoms with Gasteiger partial charge in [-0.1, -0.05) is 0 Å². The number of nitrogen functional groups attached to an aromatic ring is 1. The summed E-state index contributed by atoms with van der Waals surface area (Å²) in [6, 6.07) is 4.66. The number of ketones is 1. The lowest BCUT2D eigenvalue weighted by molar-refractivity contribution is -0.122. The zero-order valence-electron chi connectivity index (χ0n) is 9.73. The predicted molar refractivity (Wildman–Crippen MR) is 65.4 cm³/mol. The quantitative estimate of drug-likeness (QED) is 0.811. The molecule has 0 spiro atoms. The zero-order chi connectivity index (χ0) is 11.8. The van der Waals surface area contributed by atoms with Gasteiger partial charge in [0.15, 0.2) is 0 Å². The van der Waals surface area contributed by atoms with Gasteiger partial charge >= 0.3 is 0 Å². The van der Waals surface area contributed by atoms with E-state index in [9.17, 15) is 4.79 Å². The maximum atomic E-state index is 12.2. The standard InChI is InChI=1S/C13H17N3O/c14-13-6-8(3-4-15-13)5-12(17)10-7-9-1-2-11(10)16-9/h3-4,6,9-11,16H,1-2,5,7H2,(H2,14,15). The lowest BCUT2D eigenvalue weighted by Gasteiger charge is -2.18. The molecular weight excluding hydrogens is 214 g/mol. The van der Waals surface area contributed by atoms with Gasteiger partial charge in [-0.3, -0.25) is 4.79 Å². The van der Waals surface area contributed by atoms with Crippen LogP contribution in [-0.2, 0) is 11.2 Å². The fraction of sp³-hybridized carbons (Fsp3) is 0.538. The van der Waals surface area contributed by atoms with E-state index in [-0.39, 0.29) is 5.92 Å². The molecule has 0 aliphatic carbocycles. The lowest BCUT2D eigenvalue weighted by Crippen LogP contribution is -2.29. The summed E-state index contributed by atoms with van der Waals surface area (Å²) in [6.07, 6.45) is 5.56. The number of hydrogen-bond acceptors (Lipinski definition) is 4. The third-order valence-corrected chi connectivity index (χ3v) is 3.94. The smallest absolute Gasteiger partial charge is 0.141 e. The van der Waals surface area contributed by atoms with Crippen molar-refractivity contribution in [2.75, 3.05) is 5.73 Å². The Morgan fingerprint density at radius 2 is 2.41 bits per heavy atom. The van der Waals surface area contributed by atoms with E-state index in [0.29, 0.717) is 30.1 Å². The van der Waals surface area contributed by atoms with E-state index in [4.69, 9.17) is 5.73 Å². The molecule has 1 aromatic heterocycles. The monoisotopic (exact) mass is 231 g/mol. The van der Waals surface area contributed by atoms with Crippen molar-refractivity contribution in [3.8, 4) is 0 Å². The maximum Gasteiger partial charge on any atom is 0.141 e. The highest BCUT2D eigenvalue weighted by atomic mass is 16.1. The molecule has 1 aromatic rings. The predicted octanol–water partition coefficient (Wildman–Crippen LogP) is 0.916. The Hall–Kier alpha value is -1.42. The number of rotatable bonds is 3. The van der Waals surface area contributed by atoms with Gasteiger partial charge in [-0.15, -0.1) is 0 Å². The molecule has 0 amide bonds. The summed E-state index contributed by atoms with van der Waals surface area (Å²) in [5, 5.41) is 3.50. The Bertz CT molecular complexity index is 446. The van der Waals surface area contributed by atoms with Crippen LogP contribution in [0.3, 0.4) is 0 Å². The molecule has 2 aliphatic rings. The molecule has 2 aliphatic heterocycles. The van der Waals surface area contributed by atoms with Crippen molar-refractivity contribution >= 4 is 11.6 Å². The fourth-order valence-corrected chi connectivity index (χ4v) is 3.12. The van der Waals surface area contributed by atoms with Crippen LogP contribution in [-0.4, -0.2) is 22.9 Å². The first kappa shape index (κ1) is 10.7. The van der Waals surface area contributed by atoms with Crippen molar-refractivity contribution < 1.29 is 4.79 Å². The molecule has 4 nitrogen and oxygen atoms in total. The summed E-state index contributed by atoms with van der Waals surface area (Å²) in [5.41, 5.74) is 6.59. The topological polar surface area (TPSA) is 68.0 Å². The Morgan fingerprint density at radius 3 is 3.06 bits per heavy atom. The molecule has 3 unspecified atom stereocenters. The average Bonchev–Trinajstić information content (AvgIpc) is 2.90. The number of nitrogens with one attached hydrogen (secondary N) is 1. The Labute approximate surface area is 101 Å². The van der Waals surface area contributed by atoms with E-state index in [2.05, 4.69) is 10.3 Å². The second kappa shape index (κ2) is 4.11. The van der Waals surface area contributed by atoms with Gasteiger partial charge < -0.3 is 11.1 Å². The third kappa shape index (κ3) is 2.05. The van der Waals surface area contributed by atoms with Gasteiger partial charge in [-0.05, 0) is 37.0 Å². The van der Waals surface area contributed by atoms with Crippen LogP contribution in [0, 0.1) is 5.92 Å². The molecule has 2 bridgehead atoms. The third-order valence-electron chi connectivity index (χ3n) is 3.94. The van der Waals surface area contributed by atoms with Gasteiger partial charge in [0.2, 0.25) is 0 Å². The average molecular weight is 231 g/mol. The fourth-order valence-electron chi connectivity index (χ4n) is 3.12. The summed E-state index contributed by atoms with van der Waals surface area (Å²) < 4.78 is 0. The highest BCUT2D eigenvalue weighted by Gasteiger charge is 2.42. The van der Waals surface area contributed by atoms with E-state index >= 15 is 0 Å². The van der Waals surface area contributed by atoms with Gasteiger partial charge in [0.1, 0.15) is 11.6 Å². The number of carbonyl (C=O) groups excluding carboxylic acids is 1. The molecule has 3 rings (SSSR count). The van der Waals surface area contributed by atoms with Gasteiger partial charge in [0, 0.05) is 30.6 Å². The number of hydrogen-bond donors (Lipinski definition) is 2. The van der Waals surface area contributed by atoms with Crippen LogP contribution in [0.1, 0.15) is 24.8 Å². The van der Waals surface area contributed by atoms with E-state index < -0.39 is 0 Å². The normalized spacial score (nSPS) is 30.7. The maximum absolute atomic E-state index is 12.2. The molecule has 0 saturated carbocycles. The summed E-state index contributed by atoms with van der Waals surface area (Å²) in [7, 11) is 0. The number of pyridine rings is 1. The van der Waals surface area contributed by atoms with Gasteiger partial charge in [0.05, 0.1) is 0 Å². The number of anilines is 1. The van der Waals surface area contributed by atoms with Crippen LogP contribution in [0.15, 0.2) is 18.3 Å². The van der Waals surface area contributed by atoms with Crippen LogP contribution in [0.2, 0.25) is 0 Å². The number of carbonyl (C=O) groups is 1. The largest absolute Gasteiger partial charge is 0.384 e. The van der Waals surface area contributed by atoms with Crippen molar-refractivity contribution in [2.45, 2.75) is 37.8 Å². The van der Waals surface area contributed by atoms with Crippen LogP contribution in [0.4, 0.5) is 5.82 Å². The van der Waals surface area contributed by atoms with Gasteiger partial charge in [-0.25, -0.2) is 4.98 Å². The molecule has 2 fully saturated rings. The lowest BCUT2D eigenvalue weighted by atomic mass is 9.84. The zero-order valence-corrected chi connectivity index (χ0v) is 9.73. The molecular formula is C13H17N3O. The summed E-state index contributed by atoms with van der Waals surface area (Å²) in [5.74, 6) is 1.04. The van der Waals surface area contributed by atoms with Crippen molar-refractivity contribution in [3.63, 3.8) is 0 Å². The van der Waals surface area contributed by atoms with Crippen LogP contribution < -0.4 is 11.1 Å². The van der Waals surface area contributed by atoms with E-state index in [1.807, 2.05) is 6.07 Å². The molecule has 3 heterocycles. The second-order valence-corrected chi connectivity index (χ2v) is 5.12. The van der Waals surface area contributed by atoms with E-state index in [1.165, 1.54) is 6.42 Å². The minimum absolute atomic E-state index is 0.211. The van der Waals surface area contributed by atoms with E-state index in [0.717, 1.165) is 18.4 Å². The highest BCUT2D eigenvalue weighted by Crippen LogP contribution is 2.34. The minimum atomic E-state index is 0.211. The van der Waals surface area contributed by atoms with Crippen LogP contribution in [0.25, 0.3) is 0 Å². The molecule has 90 valence electrons. The van der Waals surface area contributed by atoms with Crippen LogP contribution in [0.5, 0.6) is 0 Å². The number of Topliss-reactive ketones (excluding diaryl/α,β-unsaturated/α-hetero) is 1. The first-order valence-electron chi connectivity index (χ1n) is 6.21.